The number of benzene rings is 4. The van der Waals surface area contributed by atoms with Crippen LogP contribution in [0, 0.1) is 17.1 Å². The molecule has 0 aliphatic carbocycles. The van der Waals surface area contributed by atoms with Crippen LogP contribution in [0.25, 0.3) is 10.8 Å². The van der Waals surface area contributed by atoms with Crippen LogP contribution in [0.3, 0.4) is 0 Å². The first-order chi connectivity index (χ1) is 15.6. The second-order valence-corrected chi connectivity index (χ2v) is 7.00. The average Bonchev–Trinajstić information content (AvgIpc) is 2.83. The van der Waals surface area contributed by atoms with Gasteiger partial charge in [-0.25, -0.2) is 9.82 Å². The van der Waals surface area contributed by atoms with Gasteiger partial charge < -0.3 is 4.74 Å². The average molecular weight is 423 g/mol. The predicted octanol–water partition coefficient (Wildman–Crippen LogP) is 5.19. The molecule has 4 aromatic carbocycles. The van der Waals surface area contributed by atoms with Crippen LogP contribution in [0.1, 0.15) is 27.0 Å². The zero-order valence-corrected chi connectivity index (χ0v) is 17.0. The molecule has 0 aliphatic heterocycles. The molecule has 0 bridgehead atoms. The van der Waals surface area contributed by atoms with Crippen LogP contribution in [0.2, 0.25) is 0 Å². The number of hydrogen-bond acceptors (Lipinski definition) is 4. The summed E-state index contributed by atoms with van der Waals surface area (Å²) in [7, 11) is 0. The molecule has 32 heavy (non-hydrogen) atoms. The van der Waals surface area contributed by atoms with Crippen molar-refractivity contribution in [3.05, 3.63) is 113 Å². The molecule has 156 valence electrons. The SMILES string of the molecule is N#Cc1ccc(C(=O)N/N=C/c2ccc(OCc3cccc4ccccc34)cc2)c(F)c1. The van der Waals surface area contributed by atoms with Gasteiger partial charge in [-0.15, -0.1) is 0 Å². The third-order valence-electron chi connectivity index (χ3n) is 4.88. The van der Waals surface area contributed by atoms with Crippen LogP contribution >= 0.6 is 0 Å². The Morgan fingerprint density at radius 2 is 1.81 bits per heavy atom. The van der Waals surface area contributed by atoms with E-state index in [4.69, 9.17) is 10.00 Å². The number of carbonyl (C=O) groups is 1. The van der Waals surface area contributed by atoms with Crippen molar-refractivity contribution in [1.29, 1.82) is 5.26 Å². The van der Waals surface area contributed by atoms with Crippen LogP contribution in [0.5, 0.6) is 5.75 Å². The molecular formula is C26H18FN3O2. The first-order valence-corrected chi connectivity index (χ1v) is 9.86. The summed E-state index contributed by atoms with van der Waals surface area (Å²) in [5.74, 6) is -0.762. The Labute approximate surface area is 184 Å². The molecule has 1 amide bonds. The van der Waals surface area contributed by atoms with Gasteiger partial charge in [0.15, 0.2) is 0 Å². The minimum absolute atomic E-state index is 0.144. The highest BCUT2D eigenvalue weighted by molar-refractivity contribution is 5.95. The summed E-state index contributed by atoms with van der Waals surface area (Å²) in [6.45, 7) is 0.445. The lowest BCUT2D eigenvalue weighted by atomic mass is 10.1. The van der Waals surface area contributed by atoms with Crippen molar-refractivity contribution in [3.8, 4) is 11.8 Å². The predicted molar refractivity (Wildman–Crippen MR) is 121 cm³/mol. The highest BCUT2D eigenvalue weighted by Gasteiger charge is 2.11. The molecule has 4 rings (SSSR count). The summed E-state index contributed by atoms with van der Waals surface area (Å²) in [6.07, 6.45) is 1.45. The van der Waals surface area contributed by atoms with Gasteiger partial charge in [0.25, 0.3) is 5.91 Å². The topological polar surface area (TPSA) is 74.5 Å². The maximum atomic E-state index is 13.9. The Bertz CT molecular complexity index is 1340. The van der Waals surface area contributed by atoms with Gasteiger partial charge in [-0.3, -0.25) is 4.79 Å². The van der Waals surface area contributed by atoms with E-state index in [0.29, 0.717) is 12.4 Å². The molecule has 0 radical (unpaired) electrons. The number of hydrazone groups is 1. The minimum atomic E-state index is -0.774. The van der Waals surface area contributed by atoms with E-state index in [1.807, 2.05) is 42.5 Å². The van der Waals surface area contributed by atoms with Gasteiger partial charge >= 0.3 is 0 Å². The van der Waals surface area contributed by atoms with E-state index in [1.165, 1.54) is 23.7 Å². The van der Waals surface area contributed by atoms with Crippen LogP contribution in [0.4, 0.5) is 4.39 Å². The zero-order chi connectivity index (χ0) is 22.3. The number of nitrogens with one attached hydrogen (secondary N) is 1. The van der Waals surface area contributed by atoms with Crippen molar-refractivity contribution >= 4 is 22.9 Å². The molecule has 0 saturated carbocycles. The molecule has 4 aromatic rings. The number of amides is 1. The lowest BCUT2D eigenvalue weighted by Gasteiger charge is -2.09. The first-order valence-electron chi connectivity index (χ1n) is 9.86. The van der Waals surface area contributed by atoms with Gasteiger partial charge in [-0.2, -0.15) is 10.4 Å². The lowest BCUT2D eigenvalue weighted by Crippen LogP contribution is -2.19. The molecule has 0 unspecified atom stereocenters. The quantitative estimate of drug-likeness (QED) is 0.342. The minimum Gasteiger partial charge on any atom is -0.489 e. The maximum Gasteiger partial charge on any atom is 0.274 e. The van der Waals surface area contributed by atoms with Gasteiger partial charge in [0.2, 0.25) is 0 Å². The molecule has 0 aromatic heterocycles. The number of nitriles is 1. The van der Waals surface area contributed by atoms with Gasteiger partial charge in [0.1, 0.15) is 18.2 Å². The third kappa shape index (κ3) is 4.79. The number of carbonyl (C=O) groups excluding carboxylic acids is 1. The Balaban J connectivity index is 1.35. The molecule has 0 atom stereocenters. The van der Waals surface area contributed by atoms with E-state index < -0.39 is 11.7 Å². The molecule has 6 heteroatoms. The number of halogens is 1. The molecule has 0 spiro atoms. The molecular weight excluding hydrogens is 405 g/mol. The molecule has 0 saturated heterocycles. The zero-order valence-electron chi connectivity index (χ0n) is 17.0. The van der Waals surface area contributed by atoms with Gasteiger partial charge in [0.05, 0.1) is 23.4 Å². The number of ether oxygens (including phenoxy) is 1. The first kappa shape index (κ1) is 20.8. The van der Waals surface area contributed by atoms with E-state index in [9.17, 15) is 9.18 Å². The van der Waals surface area contributed by atoms with Gasteiger partial charge in [0, 0.05) is 0 Å². The highest BCUT2D eigenvalue weighted by atomic mass is 19.1. The Hall–Kier alpha value is -4.50. The summed E-state index contributed by atoms with van der Waals surface area (Å²) in [5.41, 5.74) is 4.08. The van der Waals surface area contributed by atoms with E-state index in [0.717, 1.165) is 22.6 Å². The summed E-state index contributed by atoms with van der Waals surface area (Å²) in [5, 5.41) is 15.0. The summed E-state index contributed by atoms with van der Waals surface area (Å²) in [6, 6.07) is 27.0. The highest BCUT2D eigenvalue weighted by Crippen LogP contribution is 2.21. The monoisotopic (exact) mass is 423 g/mol. The number of fused-ring (bicyclic) bond motifs is 1. The molecule has 0 aliphatic rings. The Morgan fingerprint density at radius 3 is 2.59 bits per heavy atom. The summed E-state index contributed by atoms with van der Waals surface area (Å²) in [4.78, 5) is 12.1. The summed E-state index contributed by atoms with van der Waals surface area (Å²) < 4.78 is 19.8. The van der Waals surface area contributed by atoms with E-state index >= 15 is 0 Å². The van der Waals surface area contributed by atoms with Crippen molar-refractivity contribution in [2.24, 2.45) is 5.10 Å². The van der Waals surface area contributed by atoms with Crippen LogP contribution in [-0.4, -0.2) is 12.1 Å². The van der Waals surface area contributed by atoms with Gasteiger partial charge in [-0.05, 0) is 64.4 Å². The van der Waals surface area contributed by atoms with Crippen molar-refractivity contribution in [2.75, 3.05) is 0 Å². The number of hydrogen-bond donors (Lipinski definition) is 1. The normalized spacial score (nSPS) is 10.8. The van der Waals surface area contributed by atoms with E-state index in [2.05, 4.69) is 28.7 Å². The van der Waals surface area contributed by atoms with Crippen LogP contribution in [0.15, 0.2) is 90.0 Å². The third-order valence-corrected chi connectivity index (χ3v) is 4.88. The second-order valence-electron chi connectivity index (χ2n) is 7.00. The second kappa shape index (κ2) is 9.54. The fourth-order valence-electron chi connectivity index (χ4n) is 3.22. The smallest absolute Gasteiger partial charge is 0.274 e. The largest absolute Gasteiger partial charge is 0.489 e. The van der Waals surface area contributed by atoms with Crippen molar-refractivity contribution in [2.45, 2.75) is 6.61 Å². The van der Waals surface area contributed by atoms with Crippen molar-refractivity contribution < 1.29 is 13.9 Å². The lowest BCUT2D eigenvalue weighted by molar-refractivity contribution is 0.0951. The number of rotatable bonds is 6. The molecule has 1 N–H and O–H groups in total. The molecule has 0 heterocycles. The van der Waals surface area contributed by atoms with Crippen LogP contribution in [-0.2, 0) is 6.61 Å². The Morgan fingerprint density at radius 1 is 1.03 bits per heavy atom. The van der Waals surface area contributed by atoms with Crippen molar-refractivity contribution in [3.63, 3.8) is 0 Å². The fraction of sp³-hybridized carbons (Fsp3) is 0.0385. The molecule has 0 fully saturated rings. The number of nitrogens with zero attached hydrogens (tertiary/aromatic N) is 2. The van der Waals surface area contributed by atoms with Crippen molar-refractivity contribution in [1.82, 2.24) is 5.43 Å². The van der Waals surface area contributed by atoms with E-state index in [-0.39, 0.29) is 11.1 Å². The van der Waals surface area contributed by atoms with Gasteiger partial charge in [-0.1, -0.05) is 42.5 Å². The standard InChI is InChI=1S/C26H18FN3O2/c27-25-14-19(15-28)10-13-24(25)26(31)30-29-16-18-8-11-22(12-9-18)32-17-21-6-3-5-20-4-1-2-7-23(20)21/h1-14,16H,17H2,(H,30,31)/b29-16+. The fourth-order valence-corrected chi connectivity index (χ4v) is 3.22. The molecule has 5 nitrogen and oxygen atoms in total. The van der Waals surface area contributed by atoms with E-state index in [1.54, 1.807) is 12.1 Å². The maximum absolute atomic E-state index is 13.9. The Kier molecular flexibility index (Phi) is 6.19. The van der Waals surface area contributed by atoms with Crippen LogP contribution < -0.4 is 10.2 Å². The summed E-state index contributed by atoms with van der Waals surface area (Å²) >= 11 is 0.